The standard InChI is InChI=1S/C17H23NO5/c1-11-7-8-13(16(21)15(11)20)17(22)23-10-14(19)18-9-12-5-3-2-4-6-12/h7-8,12,20-21H,2-6,9-10H2,1H3,(H,18,19). The zero-order chi connectivity index (χ0) is 16.8. The lowest BCUT2D eigenvalue weighted by molar-refractivity contribution is -0.124. The molecule has 0 spiro atoms. The number of nitrogens with one attached hydrogen (secondary N) is 1. The van der Waals surface area contributed by atoms with Crippen molar-refractivity contribution in [3.63, 3.8) is 0 Å². The Morgan fingerprint density at radius 1 is 1.17 bits per heavy atom. The zero-order valence-corrected chi connectivity index (χ0v) is 13.3. The maximum absolute atomic E-state index is 11.9. The van der Waals surface area contributed by atoms with Crippen LogP contribution < -0.4 is 5.32 Å². The van der Waals surface area contributed by atoms with Gasteiger partial charge in [-0.25, -0.2) is 4.79 Å². The molecule has 0 radical (unpaired) electrons. The van der Waals surface area contributed by atoms with Gasteiger partial charge < -0.3 is 20.3 Å². The molecular formula is C17H23NO5. The number of phenolic OH excluding ortho intramolecular Hbond substituents is 2. The van der Waals surface area contributed by atoms with Gasteiger partial charge in [-0.15, -0.1) is 0 Å². The van der Waals surface area contributed by atoms with Crippen molar-refractivity contribution in [1.29, 1.82) is 0 Å². The van der Waals surface area contributed by atoms with E-state index in [2.05, 4.69) is 5.32 Å². The maximum atomic E-state index is 11.9. The number of hydrogen-bond acceptors (Lipinski definition) is 5. The Morgan fingerprint density at radius 3 is 2.57 bits per heavy atom. The van der Waals surface area contributed by atoms with Crippen LogP contribution in [-0.2, 0) is 9.53 Å². The molecule has 1 aliphatic carbocycles. The van der Waals surface area contributed by atoms with Crippen molar-refractivity contribution in [2.75, 3.05) is 13.2 Å². The van der Waals surface area contributed by atoms with Gasteiger partial charge >= 0.3 is 5.97 Å². The molecule has 0 heterocycles. The first-order chi connectivity index (χ1) is 11.0. The number of carbonyl (C=O) groups is 2. The number of aryl methyl sites for hydroxylation is 1. The van der Waals surface area contributed by atoms with E-state index < -0.39 is 18.3 Å². The first kappa shape index (κ1) is 17.1. The van der Waals surface area contributed by atoms with Crippen molar-refractivity contribution in [3.8, 4) is 11.5 Å². The van der Waals surface area contributed by atoms with E-state index in [1.807, 2.05) is 0 Å². The fourth-order valence-electron chi connectivity index (χ4n) is 2.75. The summed E-state index contributed by atoms with van der Waals surface area (Å²) < 4.78 is 4.88. The van der Waals surface area contributed by atoms with E-state index in [4.69, 9.17) is 4.74 Å². The number of phenols is 2. The summed E-state index contributed by atoms with van der Waals surface area (Å²) in [6.07, 6.45) is 5.90. The highest BCUT2D eigenvalue weighted by molar-refractivity contribution is 5.94. The SMILES string of the molecule is Cc1ccc(C(=O)OCC(=O)NCC2CCCCC2)c(O)c1O. The summed E-state index contributed by atoms with van der Waals surface area (Å²) in [4.78, 5) is 23.6. The van der Waals surface area contributed by atoms with Crippen LogP contribution in [0.25, 0.3) is 0 Å². The largest absolute Gasteiger partial charge is 0.504 e. The molecule has 1 amide bonds. The van der Waals surface area contributed by atoms with Gasteiger partial charge in [-0.05, 0) is 37.3 Å². The molecule has 0 saturated heterocycles. The Balaban J connectivity index is 1.79. The number of aromatic hydroxyl groups is 2. The van der Waals surface area contributed by atoms with Crippen LogP contribution in [0.1, 0.15) is 48.0 Å². The lowest BCUT2D eigenvalue weighted by Crippen LogP contribution is -2.33. The second-order valence-electron chi connectivity index (χ2n) is 6.01. The lowest BCUT2D eigenvalue weighted by Gasteiger charge is -2.21. The third-order valence-corrected chi connectivity index (χ3v) is 4.22. The maximum Gasteiger partial charge on any atom is 0.342 e. The average Bonchev–Trinajstić information content (AvgIpc) is 2.57. The fraction of sp³-hybridized carbons (Fsp3) is 0.529. The highest BCUT2D eigenvalue weighted by Gasteiger charge is 2.19. The molecule has 126 valence electrons. The Hall–Kier alpha value is -2.24. The second-order valence-corrected chi connectivity index (χ2v) is 6.01. The predicted molar refractivity (Wildman–Crippen MR) is 84.4 cm³/mol. The molecule has 3 N–H and O–H groups in total. The van der Waals surface area contributed by atoms with Gasteiger partial charge in [0, 0.05) is 6.54 Å². The molecule has 0 unspecified atom stereocenters. The van der Waals surface area contributed by atoms with Crippen molar-refractivity contribution >= 4 is 11.9 Å². The summed E-state index contributed by atoms with van der Waals surface area (Å²) >= 11 is 0. The van der Waals surface area contributed by atoms with Gasteiger partial charge in [-0.2, -0.15) is 0 Å². The van der Waals surface area contributed by atoms with E-state index >= 15 is 0 Å². The van der Waals surface area contributed by atoms with Gasteiger partial charge in [0.25, 0.3) is 5.91 Å². The van der Waals surface area contributed by atoms with Gasteiger partial charge in [-0.3, -0.25) is 4.79 Å². The van der Waals surface area contributed by atoms with Crippen LogP contribution in [0.2, 0.25) is 0 Å². The van der Waals surface area contributed by atoms with Crippen LogP contribution in [0, 0.1) is 12.8 Å². The highest BCUT2D eigenvalue weighted by Crippen LogP contribution is 2.32. The van der Waals surface area contributed by atoms with E-state index in [1.54, 1.807) is 6.92 Å². The molecular weight excluding hydrogens is 298 g/mol. The first-order valence-corrected chi connectivity index (χ1v) is 7.94. The third-order valence-electron chi connectivity index (χ3n) is 4.22. The Kier molecular flexibility index (Phi) is 5.84. The molecule has 23 heavy (non-hydrogen) atoms. The molecule has 1 aromatic carbocycles. The van der Waals surface area contributed by atoms with Crippen LogP contribution in [0.15, 0.2) is 12.1 Å². The summed E-state index contributed by atoms with van der Waals surface area (Å²) in [5, 5.41) is 22.1. The number of benzene rings is 1. The van der Waals surface area contributed by atoms with Crippen molar-refractivity contribution in [2.45, 2.75) is 39.0 Å². The Labute approximate surface area is 135 Å². The van der Waals surface area contributed by atoms with Crippen LogP contribution in [-0.4, -0.2) is 35.2 Å². The van der Waals surface area contributed by atoms with Gasteiger partial charge in [0.15, 0.2) is 18.1 Å². The zero-order valence-electron chi connectivity index (χ0n) is 13.3. The van der Waals surface area contributed by atoms with Crippen molar-refractivity contribution < 1.29 is 24.5 Å². The van der Waals surface area contributed by atoms with Gasteiger partial charge in [-0.1, -0.05) is 25.3 Å². The predicted octanol–water partition coefficient (Wildman–Crippen LogP) is 2.26. The third kappa shape index (κ3) is 4.61. The number of rotatable bonds is 5. The molecule has 2 rings (SSSR count). The second kappa shape index (κ2) is 7.85. The first-order valence-electron chi connectivity index (χ1n) is 7.94. The quantitative estimate of drug-likeness (QED) is 0.571. The molecule has 0 bridgehead atoms. The average molecular weight is 321 g/mol. The van der Waals surface area contributed by atoms with E-state index in [9.17, 15) is 19.8 Å². The minimum atomic E-state index is -0.842. The molecule has 6 heteroatoms. The smallest absolute Gasteiger partial charge is 0.342 e. The van der Waals surface area contributed by atoms with Gasteiger partial charge in [0.1, 0.15) is 5.56 Å². The van der Waals surface area contributed by atoms with Crippen molar-refractivity contribution in [1.82, 2.24) is 5.32 Å². The number of ether oxygens (including phenoxy) is 1. The number of amides is 1. The molecule has 6 nitrogen and oxygen atoms in total. The number of hydrogen-bond donors (Lipinski definition) is 3. The van der Waals surface area contributed by atoms with Crippen molar-refractivity contribution in [2.24, 2.45) is 5.92 Å². The topological polar surface area (TPSA) is 95.9 Å². The lowest BCUT2D eigenvalue weighted by atomic mass is 9.89. The fourth-order valence-corrected chi connectivity index (χ4v) is 2.75. The molecule has 1 saturated carbocycles. The van der Waals surface area contributed by atoms with Crippen LogP contribution in [0.5, 0.6) is 11.5 Å². The summed E-state index contributed by atoms with van der Waals surface area (Å²) in [6.45, 7) is 1.80. The minimum absolute atomic E-state index is 0.159. The molecule has 0 aliphatic heterocycles. The Bertz CT molecular complexity index is 579. The van der Waals surface area contributed by atoms with E-state index in [0.29, 0.717) is 18.0 Å². The summed E-state index contributed by atoms with van der Waals surface area (Å²) in [7, 11) is 0. The molecule has 1 aliphatic rings. The van der Waals surface area contributed by atoms with Crippen LogP contribution >= 0.6 is 0 Å². The van der Waals surface area contributed by atoms with Crippen molar-refractivity contribution in [3.05, 3.63) is 23.3 Å². The van der Waals surface area contributed by atoms with Crippen LogP contribution in [0.4, 0.5) is 0 Å². The normalized spacial score (nSPS) is 15.2. The monoisotopic (exact) mass is 321 g/mol. The van der Waals surface area contributed by atoms with Crippen LogP contribution in [0.3, 0.4) is 0 Å². The minimum Gasteiger partial charge on any atom is -0.504 e. The van der Waals surface area contributed by atoms with E-state index in [1.165, 1.54) is 31.4 Å². The highest BCUT2D eigenvalue weighted by atomic mass is 16.5. The summed E-state index contributed by atoms with van der Waals surface area (Å²) in [5.74, 6) is -1.59. The number of esters is 1. The molecule has 1 aromatic rings. The summed E-state index contributed by atoms with van der Waals surface area (Å²) in [6, 6.07) is 2.85. The van der Waals surface area contributed by atoms with Gasteiger partial charge in [0.05, 0.1) is 0 Å². The Morgan fingerprint density at radius 2 is 1.87 bits per heavy atom. The molecule has 0 aromatic heterocycles. The number of carbonyl (C=O) groups excluding carboxylic acids is 2. The molecule has 0 atom stereocenters. The van der Waals surface area contributed by atoms with E-state index in [0.717, 1.165) is 12.8 Å². The molecule has 1 fully saturated rings. The van der Waals surface area contributed by atoms with Gasteiger partial charge in [0.2, 0.25) is 0 Å². The van der Waals surface area contributed by atoms with E-state index in [-0.39, 0.29) is 17.2 Å². The summed E-state index contributed by atoms with van der Waals surface area (Å²) in [5.41, 5.74) is 0.289.